The summed E-state index contributed by atoms with van der Waals surface area (Å²) in [6.45, 7) is -0.237. The molecule has 3 amide bonds. The Hall–Kier alpha value is -2.90. The van der Waals surface area contributed by atoms with Crippen LogP contribution in [0.25, 0.3) is 0 Å². The number of carbonyl (C=O) groups is 4. The van der Waals surface area contributed by atoms with Crippen LogP contribution in [0.1, 0.15) is 6.42 Å². The van der Waals surface area contributed by atoms with E-state index >= 15 is 0 Å². The highest BCUT2D eigenvalue weighted by molar-refractivity contribution is 6.00. The van der Waals surface area contributed by atoms with E-state index in [4.69, 9.17) is 0 Å². The Kier molecular flexibility index (Phi) is 5.89. The van der Waals surface area contributed by atoms with Gasteiger partial charge in [0.25, 0.3) is 0 Å². The van der Waals surface area contributed by atoms with Crippen molar-refractivity contribution in [3.05, 3.63) is 30.3 Å². The lowest BCUT2D eigenvalue weighted by Crippen LogP contribution is -2.41. The van der Waals surface area contributed by atoms with Gasteiger partial charge < -0.3 is 20.3 Å². The highest BCUT2D eigenvalue weighted by Crippen LogP contribution is 2.24. The quantitative estimate of drug-likeness (QED) is 0.679. The molecule has 0 radical (unpaired) electrons. The van der Waals surface area contributed by atoms with E-state index in [1.807, 2.05) is 18.2 Å². The molecular formula is C16H19N3O5. The molecule has 24 heavy (non-hydrogen) atoms. The fourth-order valence-electron chi connectivity index (χ4n) is 2.36. The Morgan fingerprint density at radius 2 is 1.88 bits per heavy atom. The molecule has 1 aromatic rings. The van der Waals surface area contributed by atoms with Crippen LogP contribution in [0.5, 0.6) is 0 Å². The van der Waals surface area contributed by atoms with Gasteiger partial charge in [0.1, 0.15) is 6.54 Å². The van der Waals surface area contributed by atoms with Crippen LogP contribution in [0.4, 0.5) is 5.69 Å². The monoisotopic (exact) mass is 333 g/mol. The van der Waals surface area contributed by atoms with Gasteiger partial charge in [-0.2, -0.15) is 0 Å². The molecule has 1 aromatic carbocycles. The first-order chi connectivity index (χ1) is 11.5. The topological polar surface area (TPSA) is 105 Å². The second-order valence-electron chi connectivity index (χ2n) is 5.31. The van der Waals surface area contributed by atoms with Crippen LogP contribution < -0.4 is 15.5 Å². The molecule has 0 spiro atoms. The second kappa shape index (κ2) is 8.09. The Bertz CT molecular complexity index is 632. The molecular weight excluding hydrogens is 314 g/mol. The lowest BCUT2D eigenvalue weighted by atomic mass is 10.1. The van der Waals surface area contributed by atoms with E-state index in [1.165, 1.54) is 7.11 Å². The summed E-state index contributed by atoms with van der Waals surface area (Å²) in [6.07, 6.45) is 0.102. The van der Waals surface area contributed by atoms with Gasteiger partial charge in [0.15, 0.2) is 0 Å². The largest absolute Gasteiger partial charge is 0.468 e. The third-order valence-electron chi connectivity index (χ3n) is 3.64. The van der Waals surface area contributed by atoms with Crippen LogP contribution in [0, 0.1) is 5.92 Å². The van der Waals surface area contributed by atoms with Crippen molar-refractivity contribution in [2.24, 2.45) is 5.92 Å². The SMILES string of the molecule is COC(=O)CNC(=O)CNC(=O)C1CC(=O)N(c2ccccc2)C1. The average Bonchev–Trinajstić information content (AvgIpc) is 3.00. The Balaban J connectivity index is 1.80. The molecule has 128 valence electrons. The van der Waals surface area contributed by atoms with Crippen LogP contribution in [0.3, 0.4) is 0 Å². The van der Waals surface area contributed by atoms with Crippen LogP contribution >= 0.6 is 0 Å². The van der Waals surface area contributed by atoms with Crippen LogP contribution in [-0.2, 0) is 23.9 Å². The van der Waals surface area contributed by atoms with Gasteiger partial charge in [-0.15, -0.1) is 0 Å². The summed E-state index contributed by atoms with van der Waals surface area (Å²) in [4.78, 5) is 48.1. The van der Waals surface area contributed by atoms with Gasteiger partial charge in [0.05, 0.1) is 19.6 Å². The number of anilines is 1. The van der Waals surface area contributed by atoms with Crippen molar-refractivity contribution in [2.75, 3.05) is 31.6 Å². The number of methoxy groups -OCH3 is 1. The lowest BCUT2D eigenvalue weighted by Gasteiger charge is -2.16. The molecule has 1 fully saturated rings. The third kappa shape index (κ3) is 4.55. The summed E-state index contributed by atoms with van der Waals surface area (Å²) < 4.78 is 4.39. The molecule has 0 aliphatic carbocycles. The summed E-state index contributed by atoms with van der Waals surface area (Å²) in [5.74, 6) is -2.08. The summed E-state index contributed by atoms with van der Waals surface area (Å²) in [5, 5.41) is 4.79. The number of nitrogens with one attached hydrogen (secondary N) is 2. The molecule has 1 heterocycles. The smallest absolute Gasteiger partial charge is 0.325 e. The molecule has 0 bridgehead atoms. The van der Waals surface area contributed by atoms with Crippen molar-refractivity contribution in [1.29, 1.82) is 0 Å². The lowest BCUT2D eigenvalue weighted by molar-refractivity contribution is -0.141. The maximum Gasteiger partial charge on any atom is 0.325 e. The third-order valence-corrected chi connectivity index (χ3v) is 3.64. The number of nitrogens with zero attached hydrogens (tertiary/aromatic N) is 1. The van der Waals surface area contributed by atoms with Gasteiger partial charge in [-0.3, -0.25) is 19.2 Å². The molecule has 8 heteroatoms. The number of esters is 1. The highest BCUT2D eigenvalue weighted by Gasteiger charge is 2.35. The van der Waals surface area contributed by atoms with E-state index in [-0.39, 0.29) is 37.9 Å². The zero-order chi connectivity index (χ0) is 17.5. The van der Waals surface area contributed by atoms with Gasteiger partial charge in [-0.25, -0.2) is 0 Å². The number of rotatable bonds is 6. The number of ether oxygens (including phenoxy) is 1. The maximum absolute atomic E-state index is 12.1. The van der Waals surface area contributed by atoms with E-state index in [1.54, 1.807) is 17.0 Å². The zero-order valence-corrected chi connectivity index (χ0v) is 13.3. The highest BCUT2D eigenvalue weighted by atomic mass is 16.5. The first-order valence-corrected chi connectivity index (χ1v) is 7.48. The van der Waals surface area contributed by atoms with Crippen molar-refractivity contribution in [1.82, 2.24) is 10.6 Å². The molecule has 2 rings (SSSR count). The van der Waals surface area contributed by atoms with Crippen molar-refractivity contribution in [3.63, 3.8) is 0 Å². The molecule has 1 saturated heterocycles. The normalized spacial score (nSPS) is 16.6. The van der Waals surface area contributed by atoms with Gasteiger partial charge in [0.2, 0.25) is 17.7 Å². The first-order valence-electron chi connectivity index (χ1n) is 7.48. The molecule has 2 N–H and O–H groups in total. The molecule has 1 unspecified atom stereocenters. The maximum atomic E-state index is 12.1. The molecule has 0 saturated carbocycles. The molecule has 0 aromatic heterocycles. The molecule has 1 atom stereocenters. The van der Waals surface area contributed by atoms with Crippen molar-refractivity contribution < 1.29 is 23.9 Å². The second-order valence-corrected chi connectivity index (χ2v) is 5.31. The van der Waals surface area contributed by atoms with Crippen molar-refractivity contribution in [3.8, 4) is 0 Å². The number of hydrogen-bond donors (Lipinski definition) is 2. The number of benzene rings is 1. The molecule has 1 aliphatic heterocycles. The molecule has 8 nitrogen and oxygen atoms in total. The van der Waals surface area contributed by atoms with Crippen molar-refractivity contribution in [2.45, 2.75) is 6.42 Å². The first kappa shape index (κ1) is 17.5. The standard InChI is InChI=1S/C16H19N3O5/c1-24-15(22)9-17-13(20)8-18-16(23)11-7-14(21)19(10-11)12-5-3-2-4-6-12/h2-6,11H,7-10H2,1H3,(H,17,20)(H,18,23). The van der Waals surface area contributed by atoms with E-state index in [0.717, 1.165) is 5.69 Å². The van der Waals surface area contributed by atoms with Gasteiger partial charge >= 0.3 is 5.97 Å². The Labute approximate surface area is 139 Å². The van der Waals surface area contributed by atoms with Crippen LogP contribution in [0.15, 0.2) is 30.3 Å². The number of amides is 3. The number of para-hydroxylation sites is 1. The minimum atomic E-state index is -0.574. The molecule has 1 aliphatic rings. The van der Waals surface area contributed by atoms with Crippen LogP contribution in [-0.4, -0.2) is 50.4 Å². The zero-order valence-electron chi connectivity index (χ0n) is 13.3. The predicted molar refractivity (Wildman–Crippen MR) is 84.9 cm³/mol. The van der Waals surface area contributed by atoms with Crippen LogP contribution in [0.2, 0.25) is 0 Å². The minimum absolute atomic E-state index is 0.102. The Morgan fingerprint density at radius 3 is 2.54 bits per heavy atom. The predicted octanol–water partition coefficient (Wildman–Crippen LogP) is -0.555. The van der Waals surface area contributed by atoms with Gasteiger partial charge in [-0.05, 0) is 12.1 Å². The summed E-state index contributed by atoms with van der Waals surface area (Å²) in [5.41, 5.74) is 0.744. The minimum Gasteiger partial charge on any atom is -0.468 e. The Morgan fingerprint density at radius 1 is 1.17 bits per heavy atom. The van der Waals surface area contributed by atoms with Crippen molar-refractivity contribution >= 4 is 29.4 Å². The fourth-order valence-corrected chi connectivity index (χ4v) is 2.36. The summed E-state index contributed by atoms with van der Waals surface area (Å²) in [7, 11) is 1.21. The van der Waals surface area contributed by atoms with E-state index in [0.29, 0.717) is 0 Å². The fraction of sp³-hybridized carbons (Fsp3) is 0.375. The van der Waals surface area contributed by atoms with E-state index < -0.39 is 17.8 Å². The number of carbonyl (C=O) groups excluding carboxylic acids is 4. The van der Waals surface area contributed by atoms with Gasteiger partial charge in [0, 0.05) is 18.7 Å². The number of hydrogen-bond acceptors (Lipinski definition) is 5. The van der Waals surface area contributed by atoms with E-state index in [9.17, 15) is 19.2 Å². The van der Waals surface area contributed by atoms with E-state index in [2.05, 4.69) is 15.4 Å². The summed E-state index contributed by atoms with van der Waals surface area (Å²) >= 11 is 0. The average molecular weight is 333 g/mol. The summed E-state index contributed by atoms with van der Waals surface area (Å²) in [6, 6.07) is 9.10. The van der Waals surface area contributed by atoms with Gasteiger partial charge in [-0.1, -0.05) is 18.2 Å².